The zero-order valence-electron chi connectivity index (χ0n) is 18.2. The van der Waals surface area contributed by atoms with E-state index >= 15 is 0 Å². The van der Waals surface area contributed by atoms with Crippen LogP contribution in [0.1, 0.15) is 10.4 Å². The van der Waals surface area contributed by atoms with Crippen LogP contribution in [0.25, 0.3) is 11.3 Å². The molecular formula is C22H21Cl3N4O5. The summed E-state index contributed by atoms with van der Waals surface area (Å²) < 4.78 is 15.1. The van der Waals surface area contributed by atoms with E-state index < -0.39 is 10.1 Å². The van der Waals surface area contributed by atoms with Crippen LogP contribution in [0, 0.1) is 0 Å². The number of aryl methyl sites for hydroxylation is 1. The van der Waals surface area contributed by atoms with Crippen molar-refractivity contribution in [1.29, 1.82) is 0 Å². The molecule has 180 valence electrons. The summed E-state index contributed by atoms with van der Waals surface area (Å²) in [6.07, 6.45) is 0.751. The Morgan fingerprint density at radius 1 is 1.12 bits per heavy atom. The molecule has 1 aromatic heterocycles. The number of halogens is 3. The summed E-state index contributed by atoms with van der Waals surface area (Å²) in [5, 5.41) is 9.48. The molecule has 0 radical (unpaired) electrons. The molecular weight excluding hydrogens is 507 g/mol. The molecule has 0 aliphatic heterocycles. The predicted molar refractivity (Wildman–Crippen MR) is 130 cm³/mol. The number of ether oxygens (including phenoxy) is 3. The molecule has 2 aromatic carbocycles. The van der Waals surface area contributed by atoms with Gasteiger partial charge in [-0.2, -0.15) is 5.10 Å². The van der Waals surface area contributed by atoms with E-state index in [0.29, 0.717) is 28.3 Å². The first-order valence-electron chi connectivity index (χ1n) is 9.90. The van der Waals surface area contributed by atoms with Crippen molar-refractivity contribution in [2.24, 2.45) is 7.05 Å². The van der Waals surface area contributed by atoms with E-state index in [0.717, 1.165) is 5.69 Å². The van der Waals surface area contributed by atoms with Gasteiger partial charge in [-0.25, -0.2) is 4.79 Å². The van der Waals surface area contributed by atoms with Crippen LogP contribution >= 0.6 is 34.8 Å². The van der Waals surface area contributed by atoms with Crippen LogP contribution in [-0.4, -0.2) is 46.0 Å². The Kier molecular flexibility index (Phi) is 8.49. The van der Waals surface area contributed by atoms with Gasteiger partial charge in [0.05, 0.1) is 19.3 Å². The third-order valence-corrected chi connectivity index (χ3v) is 4.74. The van der Waals surface area contributed by atoms with E-state index in [4.69, 9.17) is 44.3 Å². The number of carbonyl (C=O) groups excluding carboxylic acids is 2. The number of hydrogen-bond donors (Lipinski definition) is 2. The number of anilines is 1. The summed E-state index contributed by atoms with van der Waals surface area (Å²) in [4.78, 5) is 24.3. The maximum absolute atomic E-state index is 12.7. The minimum Gasteiger partial charge on any atom is -0.497 e. The number of rotatable bonds is 8. The lowest BCUT2D eigenvalue weighted by atomic mass is 10.1. The van der Waals surface area contributed by atoms with Crippen molar-refractivity contribution in [1.82, 2.24) is 15.1 Å². The lowest BCUT2D eigenvalue weighted by Gasteiger charge is -2.15. The largest absolute Gasteiger partial charge is 0.497 e. The van der Waals surface area contributed by atoms with Crippen molar-refractivity contribution in [3.63, 3.8) is 0 Å². The number of aromatic nitrogens is 2. The number of methoxy groups -OCH3 is 1. The molecule has 2 amide bonds. The summed E-state index contributed by atoms with van der Waals surface area (Å²) in [7, 11) is 3.32. The topological polar surface area (TPSA) is 104 Å². The van der Waals surface area contributed by atoms with Gasteiger partial charge in [-0.3, -0.25) is 9.48 Å². The fourth-order valence-electron chi connectivity index (χ4n) is 2.99. The molecule has 2 N–H and O–H groups in total. The molecule has 34 heavy (non-hydrogen) atoms. The second-order valence-corrected chi connectivity index (χ2v) is 9.02. The standard InChI is InChI=1S/C22H21Cl3N4O5/c1-29-18(8-9-27-29)17-13-15(28-20(30)14-4-3-5-16(12-14)32-2)6-7-19(17)33-11-10-26-21(31)34-22(23,24)25/h3-9,12-13H,10-11H2,1-2H3,(H,26,31)(H,28,30). The fourth-order valence-corrected chi connectivity index (χ4v) is 3.20. The monoisotopic (exact) mass is 526 g/mol. The van der Waals surface area contributed by atoms with Crippen molar-refractivity contribution in [2.45, 2.75) is 3.98 Å². The Labute approximate surface area is 210 Å². The van der Waals surface area contributed by atoms with Gasteiger partial charge in [0.15, 0.2) is 0 Å². The van der Waals surface area contributed by atoms with Gasteiger partial charge in [0.1, 0.15) is 18.1 Å². The van der Waals surface area contributed by atoms with E-state index in [2.05, 4.69) is 20.5 Å². The second-order valence-electron chi connectivity index (χ2n) is 6.85. The molecule has 0 spiro atoms. The molecule has 0 aliphatic carbocycles. The van der Waals surface area contributed by atoms with Gasteiger partial charge in [-0.1, -0.05) is 6.07 Å². The van der Waals surface area contributed by atoms with E-state index in [1.165, 1.54) is 7.11 Å². The number of alkyl carbamates (subject to hydrolysis) is 1. The van der Waals surface area contributed by atoms with Gasteiger partial charge in [0.2, 0.25) is 0 Å². The zero-order valence-corrected chi connectivity index (χ0v) is 20.4. The Morgan fingerprint density at radius 2 is 1.91 bits per heavy atom. The number of alkyl halides is 3. The molecule has 9 nitrogen and oxygen atoms in total. The molecule has 0 saturated carbocycles. The second kappa shape index (κ2) is 11.3. The summed E-state index contributed by atoms with van der Waals surface area (Å²) in [5.74, 6) is 0.804. The van der Waals surface area contributed by atoms with Gasteiger partial charge < -0.3 is 24.8 Å². The molecule has 0 bridgehead atoms. The molecule has 0 aliphatic rings. The van der Waals surface area contributed by atoms with E-state index in [-0.39, 0.29) is 19.1 Å². The van der Waals surface area contributed by atoms with Crippen molar-refractivity contribution in [3.05, 3.63) is 60.3 Å². The molecule has 1 heterocycles. The molecule has 3 rings (SSSR count). The van der Waals surface area contributed by atoms with Crippen LogP contribution in [0.2, 0.25) is 0 Å². The number of nitrogens with zero attached hydrogens (tertiary/aromatic N) is 2. The minimum atomic E-state index is -2.15. The van der Waals surface area contributed by atoms with Crippen LogP contribution in [0.3, 0.4) is 0 Å². The Morgan fingerprint density at radius 3 is 2.59 bits per heavy atom. The normalized spacial score (nSPS) is 11.0. The van der Waals surface area contributed by atoms with E-state index in [1.54, 1.807) is 60.4 Å². The zero-order chi connectivity index (χ0) is 24.7. The van der Waals surface area contributed by atoms with Crippen LogP contribution < -0.4 is 20.1 Å². The lowest BCUT2D eigenvalue weighted by molar-refractivity contribution is 0.102. The van der Waals surface area contributed by atoms with Crippen LogP contribution in [0.5, 0.6) is 11.5 Å². The third kappa shape index (κ3) is 7.18. The maximum Gasteiger partial charge on any atom is 0.410 e. The third-order valence-electron chi connectivity index (χ3n) is 4.50. The first-order chi connectivity index (χ1) is 16.2. The lowest BCUT2D eigenvalue weighted by Crippen LogP contribution is -2.31. The molecule has 12 heteroatoms. The van der Waals surface area contributed by atoms with Crippen molar-refractivity contribution >= 4 is 52.5 Å². The van der Waals surface area contributed by atoms with E-state index in [1.807, 2.05) is 6.07 Å². The smallest absolute Gasteiger partial charge is 0.410 e. The van der Waals surface area contributed by atoms with Gasteiger partial charge in [0.25, 0.3) is 5.91 Å². The number of hydrogen-bond acceptors (Lipinski definition) is 6. The summed E-state index contributed by atoms with van der Waals surface area (Å²) in [6.45, 7) is 0.202. The van der Waals surface area contributed by atoms with E-state index in [9.17, 15) is 9.59 Å². The Bertz CT molecular complexity index is 1160. The van der Waals surface area contributed by atoms with Crippen molar-refractivity contribution in [2.75, 3.05) is 25.6 Å². The number of amides is 2. The SMILES string of the molecule is COc1cccc(C(=O)Nc2ccc(OCCNC(=O)OC(Cl)(Cl)Cl)c(-c3ccnn3C)c2)c1. The van der Waals surface area contributed by atoms with Crippen LogP contribution in [-0.2, 0) is 11.8 Å². The molecule has 0 saturated heterocycles. The minimum absolute atomic E-state index is 0.0960. The highest BCUT2D eigenvalue weighted by Crippen LogP contribution is 2.33. The summed E-state index contributed by atoms with van der Waals surface area (Å²) >= 11 is 16.2. The predicted octanol–water partition coefficient (Wildman–Crippen LogP) is 4.78. The molecule has 3 aromatic rings. The van der Waals surface area contributed by atoms with Gasteiger partial charge in [-0.05, 0) is 77.3 Å². The highest BCUT2D eigenvalue weighted by Gasteiger charge is 2.25. The van der Waals surface area contributed by atoms with Crippen molar-refractivity contribution in [3.8, 4) is 22.8 Å². The summed E-state index contributed by atoms with van der Waals surface area (Å²) in [6, 6.07) is 13.8. The van der Waals surface area contributed by atoms with Crippen LogP contribution in [0.15, 0.2) is 54.7 Å². The van der Waals surface area contributed by atoms with Crippen molar-refractivity contribution < 1.29 is 23.8 Å². The maximum atomic E-state index is 12.7. The van der Waals surface area contributed by atoms with Gasteiger partial charge in [0, 0.05) is 30.1 Å². The fraction of sp³-hybridized carbons (Fsp3) is 0.227. The van der Waals surface area contributed by atoms with Gasteiger partial charge in [-0.15, -0.1) is 0 Å². The number of carbonyl (C=O) groups is 2. The highest BCUT2D eigenvalue weighted by atomic mass is 35.6. The molecule has 0 unspecified atom stereocenters. The quantitative estimate of drug-likeness (QED) is 0.323. The first-order valence-corrected chi connectivity index (χ1v) is 11.0. The Balaban J connectivity index is 1.73. The van der Waals surface area contributed by atoms with Gasteiger partial charge >= 0.3 is 10.1 Å². The molecule has 0 fully saturated rings. The average molecular weight is 528 g/mol. The summed E-state index contributed by atoms with van der Waals surface area (Å²) in [5.41, 5.74) is 2.46. The average Bonchev–Trinajstić information content (AvgIpc) is 3.21. The number of nitrogens with one attached hydrogen (secondary N) is 2. The molecule has 0 atom stereocenters. The first kappa shape index (κ1) is 25.5. The highest BCUT2D eigenvalue weighted by molar-refractivity contribution is 6.66. The van der Waals surface area contributed by atoms with Crippen LogP contribution in [0.4, 0.5) is 10.5 Å². The Hall–Kier alpha value is -3.14. The number of benzene rings is 2.